The van der Waals surface area contributed by atoms with Gasteiger partial charge in [0.1, 0.15) is 5.82 Å². The van der Waals surface area contributed by atoms with E-state index in [0.717, 1.165) is 42.3 Å². The monoisotopic (exact) mass is 270 g/mol. The highest BCUT2D eigenvalue weighted by Gasteiger charge is 2.18. The van der Waals surface area contributed by atoms with E-state index in [1.807, 2.05) is 12.1 Å². The van der Waals surface area contributed by atoms with Crippen LogP contribution in [0.3, 0.4) is 0 Å². The van der Waals surface area contributed by atoms with Crippen LogP contribution in [-0.4, -0.2) is 23.6 Å². The molecular formula is C15H18N4O. The van der Waals surface area contributed by atoms with Gasteiger partial charge >= 0.3 is 6.01 Å². The van der Waals surface area contributed by atoms with Crippen molar-refractivity contribution in [2.75, 3.05) is 19.0 Å². The number of ether oxygens (including phenoxy) is 1. The molecule has 0 bridgehead atoms. The second-order valence-corrected chi connectivity index (χ2v) is 4.90. The third-order valence-electron chi connectivity index (χ3n) is 3.41. The number of fused-ring (bicyclic) bond motifs is 1. The maximum Gasteiger partial charge on any atom is 0.318 e. The van der Waals surface area contributed by atoms with E-state index < -0.39 is 0 Å². The molecule has 0 aliphatic carbocycles. The van der Waals surface area contributed by atoms with Gasteiger partial charge < -0.3 is 15.4 Å². The molecule has 0 saturated carbocycles. The third-order valence-corrected chi connectivity index (χ3v) is 3.41. The molecule has 20 heavy (non-hydrogen) atoms. The third kappa shape index (κ3) is 2.58. The Morgan fingerprint density at radius 1 is 1.20 bits per heavy atom. The zero-order valence-electron chi connectivity index (χ0n) is 11.7. The number of aromatic nitrogens is 2. The van der Waals surface area contributed by atoms with Gasteiger partial charge in [0.05, 0.1) is 12.8 Å². The van der Waals surface area contributed by atoms with Gasteiger partial charge in [-0.2, -0.15) is 9.97 Å². The average molecular weight is 270 g/mol. The van der Waals surface area contributed by atoms with Crippen LogP contribution < -0.4 is 15.4 Å². The SMILES string of the molecule is COc1nc2c(c(Nc3ccc(C)cc3)n1)CNCC2. The van der Waals surface area contributed by atoms with Crippen LogP contribution in [0.2, 0.25) is 0 Å². The van der Waals surface area contributed by atoms with Crippen molar-refractivity contribution in [1.29, 1.82) is 0 Å². The van der Waals surface area contributed by atoms with Crippen LogP contribution in [0, 0.1) is 6.92 Å². The van der Waals surface area contributed by atoms with Crippen molar-refractivity contribution in [3.05, 3.63) is 41.1 Å². The highest BCUT2D eigenvalue weighted by molar-refractivity contribution is 5.61. The molecule has 1 aromatic heterocycles. The Balaban J connectivity index is 1.96. The first-order valence-corrected chi connectivity index (χ1v) is 6.74. The van der Waals surface area contributed by atoms with Crippen LogP contribution in [0.5, 0.6) is 6.01 Å². The first-order chi connectivity index (χ1) is 9.76. The molecule has 2 heterocycles. The summed E-state index contributed by atoms with van der Waals surface area (Å²) in [4.78, 5) is 8.87. The second kappa shape index (κ2) is 5.46. The van der Waals surface area contributed by atoms with Crippen LogP contribution in [0.25, 0.3) is 0 Å². The Hall–Kier alpha value is -2.14. The first kappa shape index (κ1) is 12.9. The number of nitrogens with zero attached hydrogens (tertiary/aromatic N) is 2. The fourth-order valence-electron chi connectivity index (χ4n) is 2.29. The summed E-state index contributed by atoms with van der Waals surface area (Å²) >= 11 is 0. The van der Waals surface area contributed by atoms with Crippen molar-refractivity contribution in [3.63, 3.8) is 0 Å². The van der Waals surface area contributed by atoms with Crippen molar-refractivity contribution < 1.29 is 4.74 Å². The fraction of sp³-hybridized carbons (Fsp3) is 0.333. The zero-order valence-corrected chi connectivity index (χ0v) is 11.7. The highest BCUT2D eigenvalue weighted by Crippen LogP contribution is 2.25. The van der Waals surface area contributed by atoms with Gasteiger partial charge in [-0.25, -0.2) is 0 Å². The number of nitrogens with one attached hydrogen (secondary N) is 2. The Morgan fingerprint density at radius 3 is 2.75 bits per heavy atom. The van der Waals surface area contributed by atoms with E-state index in [9.17, 15) is 0 Å². The summed E-state index contributed by atoms with van der Waals surface area (Å²) in [6.07, 6.45) is 0.900. The molecule has 0 unspecified atom stereocenters. The summed E-state index contributed by atoms with van der Waals surface area (Å²) < 4.78 is 5.20. The molecule has 5 heteroatoms. The molecule has 0 amide bonds. The van der Waals surface area contributed by atoms with Gasteiger partial charge in [-0.05, 0) is 19.1 Å². The summed E-state index contributed by atoms with van der Waals surface area (Å²) in [6.45, 7) is 3.80. The minimum absolute atomic E-state index is 0.417. The van der Waals surface area contributed by atoms with E-state index in [1.54, 1.807) is 7.11 Å². The lowest BCUT2D eigenvalue weighted by atomic mass is 10.1. The number of benzene rings is 1. The molecule has 0 fully saturated rings. The van der Waals surface area contributed by atoms with Crippen molar-refractivity contribution in [2.45, 2.75) is 19.9 Å². The molecule has 104 valence electrons. The first-order valence-electron chi connectivity index (χ1n) is 6.74. The molecule has 1 aliphatic heterocycles. The molecule has 3 rings (SSSR count). The predicted octanol–water partition coefficient (Wildman–Crippen LogP) is 2.18. The van der Waals surface area contributed by atoms with Crippen molar-refractivity contribution in [3.8, 4) is 6.01 Å². The van der Waals surface area contributed by atoms with Crippen LogP contribution >= 0.6 is 0 Å². The highest BCUT2D eigenvalue weighted by atomic mass is 16.5. The molecule has 2 N–H and O–H groups in total. The number of methoxy groups -OCH3 is 1. The summed E-state index contributed by atoms with van der Waals surface area (Å²) in [5.74, 6) is 0.822. The topological polar surface area (TPSA) is 59.1 Å². The van der Waals surface area contributed by atoms with E-state index in [-0.39, 0.29) is 0 Å². The molecule has 0 spiro atoms. The van der Waals surface area contributed by atoms with Crippen LogP contribution in [0.15, 0.2) is 24.3 Å². The standard InChI is InChI=1S/C15H18N4O/c1-10-3-5-11(6-4-10)17-14-12-9-16-8-7-13(12)18-15(19-14)20-2/h3-6,16H,7-9H2,1-2H3,(H,17,18,19). The average Bonchev–Trinajstić information content (AvgIpc) is 2.49. The second-order valence-electron chi connectivity index (χ2n) is 4.90. The van der Waals surface area contributed by atoms with Gasteiger partial charge in [0, 0.05) is 30.8 Å². The lowest BCUT2D eigenvalue weighted by Gasteiger charge is -2.20. The van der Waals surface area contributed by atoms with Gasteiger partial charge in [0.2, 0.25) is 0 Å². The normalized spacial score (nSPS) is 13.7. The summed E-state index contributed by atoms with van der Waals surface area (Å²) in [6, 6.07) is 8.66. The molecule has 1 aromatic carbocycles. The quantitative estimate of drug-likeness (QED) is 0.895. The number of anilines is 2. The molecule has 0 atom stereocenters. The smallest absolute Gasteiger partial charge is 0.318 e. The predicted molar refractivity (Wildman–Crippen MR) is 78.5 cm³/mol. The van der Waals surface area contributed by atoms with Gasteiger partial charge in [-0.1, -0.05) is 17.7 Å². The van der Waals surface area contributed by atoms with Crippen molar-refractivity contribution >= 4 is 11.5 Å². The zero-order chi connectivity index (χ0) is 13.9. The number of aryl methyl sites for hydroxylation is 1. The molecule has 0 saturated heterocycles. The largest absolute Gasteiger partial charge is 0.467 e. The maximum atomic E-state index is 5.20. The number of rotatable bonds is 3. The Kier molecular flexibility index (Phi) is 3.52. The van der Waals surface area contributed by atoms with Crippen LogP contribution in [0.4, 0.5) is 11.5 Å². The van der Waals surface area contributed by atoms with Gasteiger partial charge in [-0.3, -0.25) is 0 Å². The molecule has 5 nitrogen and oxygen atoms in total. The number of hydrogen-bond donors (Lipinski definition) is 2. The molecule has 2 aromatic rings. The van der Waals surface area contributed by atoms with Crippen molar-refractivity contribution in [2.24, 2.45) is 0 Å². The minimum atomic E-state index is 0.417. The Bertz CT molecular complexity index is 610. The lowest BCUT2D eigenvalue weighted by Crippen LogP contribution is -2.26. The van der Waals surface area contributed by atoms with Gasteiger partial charge in [-0.15, -0.1) is 0 Å². The molecular weight excluding hydrogens is 252 g/mol. The van der Waals surface area contributed by atoms with E-state index in [4.69, 9.17) is 4.74 Å². The summed E-state index contributed by atoms with van der Waals surface area (Å²) in [5.41, 5.74) is 4.44. The van der Waals surface area contributed by atoms with Gasteiger partial charge in [0.15, 0.2) is 0 Å². The minimum Gasteiger partial charge on any atom is -0.467 e. The molecule has 0 radical (unpaired) electrons. The fourth-order valence-corrected chi connectivity index (χ4v) is 2.29. The Labute approximate surface area is 118 Å². The van der Waals surface area contributed by atoms with E-state index in [2.05, 4.69) is 39.7 Å². The van der Waals surface area contributed by atoms with Crippen molar-refractivity contribution in [1.82, 2.24) is 15.3 Å². The molecule has 1 aliphatic rings. The maximum absolute atomic E-state index is 5.20. The number of hydrogen-bond acceptors (Lipinski definition) is 5. The van der Waals surface area contributed by atoms with E-state index in [0.29, 0.717) is 6.01 Å². The summed E-state index contributed by atoms with van der Waals surface area (Å²) in [7, 11) is 1.60. The van der Waals surface area contributed by atoms with E-state index in [1.165, 1.54) is 5.56 Å². The Morgan fingerprint density at radius 2 is 2.00 bits per heavy atom. The van der Waals surface area contributed by atoms with Crippen LogP contribution in [-0.2, 0) is 13.0 Å². The van der Waals surface area contributed by atoms with Crippen LogP contribution in [0.1, 0.15) is 16.8 Å². The summed E-state index contributed by atoms with van der Waals surface area (Å²) in [5, 5.41) is 6.72. The van der Waals surface area contributed by atoms with E-state index >= 15 is 0 Å². The lowest BCUT2D eigenvalue weighted by molar-refractivity contribution is 0.377. The van der Waals surface area contributed by atoms with Gasteiger partial charge in [0.25, 0.3) is 0 Å².